The van der Waals surface area contributed by atoms with E-state index in [2.05, 4.69) is 9.97 Å². The van der Waals surface area contributed by atoms with Crippen molar-refractivity contribution < 1.29 is 23.1 Å². The molecule has 11 heteroatoms. The standard InChI is InChI=1S/C14H14N4O5S2/c19-13(11-6-15-9-16-7-11)17-1-3-18(4-2-17)25(22,23)12-5-10(8-24-12)14(20)21/h5-9H,1-4H2,(H,20,21). The van der Waals surface area contributed by atoms with Gasteiger partial charge in [0.15, 0.2) is 0 Å². The van der Waals surface area contributed by atoms with Gasteiger partial charge >= 0.3 is 5.97 Å². The third kappa shape index (κ3) is 3.52. The van der Waals surface area contributed by atoms with Crippen molar-refractivity contribution in [1.29, 1.82) is 0 Å². The zero-order valence-electron chi connectivity index (χ0n) is 12.9. The SMILES string of the molecule is O=C(O)c1csc(S(=O)(=O)N2CCN(C(=O)c3cncnc3)CC2)c1. The number of carboxylic acids is 1. The summed E-state index contributed by atoms with van der Waals surface area (Å²) < 4.78 is 26.4. The minimum Gasteiger partial charge on any atom is -0.478 e. The summed E-state index contributed by atoms with van der Waals surface area (Å²) in [6.45, 7) is 0.762. The molecule has 2 aromatic rings. The number of aromatic nitrogens is 2. The number of aromatic carboxylic acids is 1. The number of rotatable bonds is 4. The van der Waals surface area contributed by atoms with E-state index < -0.39 is 16.0 Å². The Labute approximate surface area is 147 Å². The molecule has 0 atom stereocenters. The van der Waals surface area contributed by atoms with Crippen LogP contribution in [0.5, 0.6) is 0 Å². The van der Waals surface area contributed by atoms with Gasteiger partial charge < -0.3 is 10.0 Å². The van der Waals surface area contributed by atoms with Crippen LogP contribution in [0, 0.1) is 0 Å². The second kappa shape index (κ2) is 6.86. The van der Waals surface area contributed by atoms with Crippen LogP contribution in [0.2, 0.25) is 0 Å². The molecule has 132 valence electrons. The molecule has 0 aromatic carbocycles. The van der Waals surface area contributed by atoms with Crippen LogP contribution in [-0.4, -0.2) is 70.8 Å². The molecule has 0 spiro atoms. The van der Waals surface area contributed by atoms with Crippen molar-refractivity contribution in [2.24, 2.45) is 0 Å². The number of piperazine rings is 1. The van der Waals surface area contributed by atoms with E-state index in [1.54, 1.807) is 4.90 Å². The fourth-order valence-corrected chi connectivity index (χ4v) is 5.14. The van der Waals surface area contributed by atoms with E-state index in [1.807, 2.05) is 0 Å². The van der Waals surface area contributed by atoms with Gasteiger partial charge in [-0.3, -0.25) is 4.79 Å². The molecule has 0 aliphatic carbocycles. The molecule has 9 nitrogen and oxygen atoms in total. The fraction of sp³-hybridized carbons (Fsp3) is 0.286. The van der Waals surface area contributed by atoms with Crippen molar-refractivity contribution in [1.82, 2.24) is 19.2 Å². The summed E-state index contributed by atoms with van der Waals surface area (Å²) in [5.41, 5.74) is 0.296. The maximum Gasteiger partial charge on any atom is 0.336 e. The smallest absolute Gasteiger partial charge is 0.336 e. The molecule has 0 unspecified atom stereocenters. The third-order valence-electron chi connectivity index (χ3n) is 3.75. The van der Waals surface area contributed by atoms with E-state index in [1.165, 1.54) is 28.4 Å². The predicted molar refractivity (Wildman–Crippen MR) is 88.0 cm³/mol. The van der Waals surface area contributed by atoms with Gasteiger partial charge in [-0.15, -0.1) is 11.3 Å². The Morgan fingerprint density at radius 1 is 1.08 bits per heavy atom. The maximum atomic E-state index is 12.6. The minimum atomic E-state index is -3.76. The van der Waals surface area contributed by atoms with Crippen molar-refractivity contribution in [3.8, 4) is 0 Å². The van der Waals surface area contributed by atoms with Crippen molar-refractivity contribution >= 4 is 33.2 Å². The Morgan fingerprint density at radius 3 is 2.28 bits per heavy atom. The fourth-order valence-electron chi connectivity index (χ4n) is 2.41. The van der Waals surface area contributed by atoms with Crippen LogP contribution in [0.4, 0.5) is 0 Å². The molecule has 1 aliphatic rings. The van der Waals surface area contributed by atoms with Gasteiger partial charge in [-0.2, -0.15) is 4.31 Å². The highest BCUT2D eigenvalue weighted by Crippen LogP contribution is 2.25. The summed E-state index contributed by atoms with van der Waals surface area (Å²) in [7, 11) is -3.76. The summed E-state index contributed by atoms with van der Waals surface area (Å²) in [6.07, 6.45) is 4.16. The molecule has 1 fully saturated rings. The largest absolute Gasteiger partial charge is 0.478 e. The Bertz CT molecular complexity index is 889. The van der Waals surface area contributed by atoms with E-state index in [0.717, 1.165) is 17.4 Å². The second-order valence-corrected chi connectivity index (χ2v) is 8.36. The molecule has 0 radical (unpaired) electrons. The first-order chi connectivity index (χ1) is 11.9. The highest BCUT2D eigenvalue weighted by atomic mass is 32.2. The van der Waals surface area contributed by atoms with Crippen LogP contribution in [0.15, 0.2) is 34.4 Å². The molecule has 1 N–H and O–H groups in total. The van der Waals surface area contributed by atoms with Gasteiger partial charge in [-0.25, -0.2) is 23.2 Å². The van der Waals surface area contributed by atoms with Crippen LogP contribution in [0.3, 0.4) is 0 Å². The van der Waals surface area contributed by atoms with Crippen LogP contribution < -0.4 is 0 Å². The number of hydrogen-bond donors (Lipinski definition) is 1. The van der Waals surface area contributed by atoms with Gasteiger partial charge in [0.05, 0.1) is 11.1 Å². The molecular formula is C14H14N4O5S2. The minimum absolute atomic E-state index is 0.0128. The molecular weight excluding hydrogens is 368 g/mol. The molecule has 1 aliphatic heterocycles. The predicted octanol–water partition coefficient (Wildman–Crippen LogP) is 0.383. The average molecular weight is 382 g/mol. The van der Waals surface area contributed by atoms with Crippen molar-refractivity contribution in [3.05, 3.63) is 41.3 Å². The summed E-state index contributed by atoms with van der Waals surface area (Å²) in [5, 5.41) is 10.2. The van der Waals surface area contributed by atoms with Gasteiger partial charge in [0.2, 0.25) is 0 Å². The second-order valence-electron chi connectivity index (χ2n) is 5.28. The maximum absolute atomic E-state index is 12.6. The van der Waals surface area contributed by atoms with Crippen molar-refractivity contribution in [3.63, 3.8) is 0 Å². The summed E-state index contributed by atoms with van der Waals surface area (Å²) in [4.78, 5) is 32.4. The number of carbonyl (C=O) groups excluding carboxylic acids is 1. The zero-order valence-corrected chi connectivity index (χ0v) is 14.5. The van der Waals surface area contributed by atoms with E-state index in [-0.39, 0.29) is 41.9 Å². The van der Waals surface area contributed by atoms with E-state index in [9.17, 15) is 18.0 Å². The van der Waals surface area contributed by atoms with E-state index >= 15 is 0 Å². The molecule has 25 heavy (non-hydrogen) atoms. The highest BCUT2D eigenvalue weighted by Gasteiger charge is 2.31. The van der Waals surface area contributed by atoms with Gasteiger partial charge in [0.1, 0.15) is 10.5 Å². The molecule has 3 rings (SSSR count). The number of nitrogens with zero attached hydrogens (tertiary/aromatic N) is 4. The lowest BCUT2D eigenvalue weighted by molar-refractivity contribution is 0.0688. The first kappa shape index (κ1) is 17.5. The van der Waals surface area contributed by atoms with Gasteiger partial charge in [-0.1, -0.05) is 0 Å². The number of amides is 1. The zero-order chi connectivity index (χ0) is 18.0. The lowest BCUT2D eigenvalue weighted by atomic mass is 10.2. The van der Waals surface area contributed by atoms with Crippen LogP contribution >= 0.6 is 11.3 Å². The van der Waals surface area contributed by atoms with Gasteiger partial charge in [0.25, 0.3) is 15.9 Å². The Hall–Kier alpha value is -2.37. The number of thiophene rings is 1. The van der Waals surface area contributed by atoms with Gasteiger partial charge in [-0.05, 0) is 6.07 Å². The first-order valence-corrected chi connectivity index (χ1v) is 9.58. The number of hydrogen-bond acceptors (Lipinski definition) is 7. The number of carboxylic acid groups (broad SMARTS) is 1. The molecule has 1 saturated heterocycles. The van der Waals surface area contributed by atoms with Crippen LogP contribution in [-0.2, 0) is 10.0 Å². The van der Waals surface area contributed by atoms with Crippen LogP contribution in [0.25, 0.3) is 0 Å². The number of carbonyl (C=O) groups is 2. The number of sulfonamides is 1. The van der Waals surface area contributed by atoms with E-state index in [4.69, 9.17) is 5.11 Å². The Morgan fingerprint density at radius 2 is 1.72 bits per heavy atom. The Balaban J connectivity index is 1.69. The third-order valence-corrected chi connectivity index (χ3v) is 7.06. The average Bonchev–Trinajstić information content (AvgIpc) is 3.13. The monoisotopic (exact) mass is 382 g/mol. The highest BCUT2D eigenvalue weighted by molar-refractivity contribution is 7.91. The summed E-state index contributed by atoms with van der Waals surface area (Å²) in [6, 6.07) is 1.15. The van der Waals surface area contributed by atoms with Crippen LogP contribution in [0.1, 0.15) is 20.7 Å². The first-order valence-electron chi connectivity index (χ1n) is 7.26. The normalized spacial score (nSPS) is 15.9. The molecule has 0 bridgehead atoms. The molecule has 1 amide bonds. The van der Waals surface area contributed by atoms with E-state index in [0.29, 0.717) is 5.56 Å². The molecule has 0 saturated carbocycles. The lowest BCUT2D eigenvalue weighted by Gasteiger charge is -2.33. The molecule has 2 aromatic heterocycles. The molecule has 3 heterocycles. The quantitative estimate of drug-likeness (QED) is 0.811. The van der Waals surface area contributed by atoms with Crippen molar-refractivity contribution in [2.75, 3.05) is 26.2 Å². The summed E-state index contributed by atoms with van der Waals surface area (Å²) in [5.74, 6) is -1.42. The lowest BCUT2D eigenvalue weighted by Crippen LogP contribution is -2.50. The Kier molecular flexibility index (Phi) is 4.79. The van der Waals surface area contributed by atoms with Gasteiger partial charge in [0, 0.05) is 44.0 Å². The topological polar surface area (TPSA) is 121 Å². The summed E-state index contributed by atoms with van der Waals surface area (Å²) >= 11 is 0.875. The van der Waals surface area contributed by atoms with Crippen molar-refractivity contribution in [2.45, 2.75) is 4.21 Å².